The molecule has 0 aliphatic heterocycles. The zero-order valence-corrected chi connectivity index (χ0v) is 9.65. The minimum absolute atomic E-state index is 0.688. The zero-order valence-electron chi connectivity index (χ0n) is 7.50. The van der Waals surface area contributed by atoms with E-state index in [0.717, 1.165) is 6.54 Å². The van der Waals surface area contributed by atoms with Crippen LogP contribution in [-0.2, 0) is 0 Å². The van der Waals surface area contributed by atoms with Gasteiger partial charge < -0.3 is 4.90 Å². The number of hydrogen-bond donors (Lipinski definition) is 0. The molecule has 0 amide bonds. The molecule has 0 bridgehead atoms. The van der Waals surface area contributed by atoms with E-state index in [0.29, 0.717) is 3.92 Å². The van der Waals surface area contributed by atoms with Gasteiger partial charge in [-0.1, -0.05) is 47.7 Å². The van der Waals surface area contributed by atoms with Crippen molar-refractivity contribution in [2.24, 2.45) is 0 Å². The van der Waals surface area contributed by atoms with Crippen molar-refractivity contribution in [2.75, 3.05) is 18.5 Å². The fraction of sp³-hybridized carbons (Fsp3) is 0.400. The van der Waals surface area contributed by atoms with E-state index in [2.05, 4.69) is 65.7 Å². The summed E-state index contributed by atoms with van der Waals surface area (Å²) < 4.78 is 0.688. The van der Waals surface area contributed by atoms with Gasteiger partial charge in [0.1, 0.15) is 0 Å². The van der Waals surface area contributed by atoms with Crippen LogP contribution in [0.5, 0.6) is 0 Å². The Labute approximate surface area is 87.9 Å². The first-order chi connectivity index (χ1) is 5.70. The maximum atomic E-state index is 2.44. The van der Waals surface area contributed by atoms with Crippen LogP contribution in [0.15, 0.2) is 30.3 Å². The van der Waals surface area contributed by atoms with E-state index in [1.165, 1.54) is 5.69 Å². The Bertz CT molecular complexity index is 221. The van der Waals surface area contributed by atoms with Gasteiger partial charge in [-0.05, 0) is 12.1 Å². The van der Waals surface area contributed by atoms with Gasteiger partial charge in [0.2, 0.25) is 0 Å². The molecule has 12 heavy (non-hydrogen) atoms. The molecular formula is C10H14IN. The van der Waals surface area contributed by atoms with Gasteiger partial charge >= 0.3 is 0 Å². The highest BCUT2D eigenvalue weighted by molar-refractivity contribution is 14.1. The van der Waals surface area contributed by atoms with E-state index in [1.54, 1.807) is 0 Å². The second-order valence-electron chi connectivity index (χ2n) is 3.00. The summed E-state index contributed by atoms with van der Waals surface area (Å²) in [7, 11) is 2.13. The van der Waals surface area contributed by atoms with Gasteiger partial charge in [0.05, 0.1) is 0 Å². The normalized spacial score (nSPS) is 12.6. The third kappa shape index (κ3) is 3.01. The number of para-hydroxylation sites is 1. The van der Waals surface area contributed by atoms with E-state index >= 15 is 0 Å². The summed E-state index contributed by atoms with van der Waals surface area (Å²) in [6, 6.07) is 10.5. The van der Waals surface area contributed by atoms with Gasteiger partial charge in [-0.25, -0.2) is 0 Å². The number of anilines is 1. The largest absolute Gasteiger partial charge is 0.374 e. The maximum absolute atomic E-state index is 2.44. The molecule has 1 nitrogen and oxygen atoms in total. The SMILES string of the molecule is C[C@H](I)CN(C)c1ccccc1. The average Bonchev–Trinajstić information content (AvgIpc) is 2.05. The molecule has 0 heterocycles. The van der Waals surface area contributed by atoms with Crippen molar-refractivity contribution in [3.63, 3.8) is 0 Å². The third-order valence-corrected chi connectivity index (χ3v) is 2.12. The van der Waals surface area contributed by atoms with Crippen LogP contribution in [0.3, 0.4) is 0 Å². The van der Waals surface area contributed by atoms with Crippen LogP contribution in [0.2, 0.25) is 0 Å². The van der Waals surface area contributed by atoms with Crippen LogP contribution >= 0.6 is 22.6 Å². The third-order valence-electron chi connectivity index (χ3n) is 1.72. The van der Waals surface area contributed by atoms with Gasteiger partial charge in [0, 0.05) is 23.2 Å². The number of nitrogens with zero attached hydrogens (tertiary/aromatic N) is 1. The van der Waals surface area contributed by atoms with Crippen molar-refractivity contribution < 1.29 is 0 Å². The average molecular weight is 275 g/mol. The highest BCUT2D eigenvalue weighted by Crippen LogP contribution is 2.12. The molecule has 66 valence electrons. The Balaban J connectivity index is 2.59. The summed E-state index contributed by atoms with van der Waals surface area (Å²) in [5, 5.41) is 0. The molecule has 0 saturated heterocycles. The first-order valence-electron chi connectivity index (χ1n) is 4.10. The molecule has 0 aliphatic carbocycles. The first-order valence-corrected chi connectivity index (χ1v) is 5.35. The number of hydrogen-bond acceptors (Lipinski definition) is 1. The number of rotatable bonds is 3. The lowest BCUT2D eigenvalue weighted by molar-refractivity contribution is 0.888. The Hall–Kier alpha value is -0.250. The Morgan fingerprint density at radius 2 is 1.92 bits per heavy atom. The van der Waals surface area contributed by atoms with Gasteiger partial charge in [-0.3, -0.25) is 0 Å². The quantitative estimate of drug-likeness (QED) is 0.605. The summed E-state index contributed by atoms with van der Waals surface area (Å²) in [6.45, 7) is 3.32. The molecule has 2 heteroatoms. The molecule has 1 aromatic carbocycles. The molecule has 0 radical (unpaired) electrons. The second-order valence-corrected chi connectivity index (χ2v) is 5.12. The predicted molar refractivity (Wildman–Crippen MR) is 63.2 cm³/mol. The number of alkyl halides is 1. The summed E-state index contributed by atoms with van der Waals surface area (Å²) in [6.07, 6.45) is 0. The van der Waals surface area contributed by atoms with E-state index in [1.807, 2.05) is 6.07 Å². The second kappa shape index (κ2) is 4.70. The van der Waals surface area contributed by atoms with Crippen LogP contribution in [0.25, 0.3) is 0 Å². The number of halogens is 1. The van der Waals surface area contributed by atoms with E-state index < -0.39 is 0 Å². The van der Waals surface area contributed by atoms with Crippen LogP contribution in [0.1, 0.15) is 6.92 Å². The minimum Gasteiger partial charge on any atom is -0.374 e. The lowest BCUT2D eigenvalue weighted by atomic mass is 10.3. The molecule has 0 unspecified atom stereocenters. The fourth-order valence-corrected chi connectivity index (χ4v) is 1.76. The van der Waals surface area contributed by atoms with E-state index in [9.17, 15) is 0 Å². The van der Waals surface area contributed by atoms with Crippen molar-refractivity contribution in [1.29, 1.82) is 0 Å². The van der Waals surface area contributed by atoms with Crippen molar-refractivity contribution >= 4 is 28.3 Å². The number of benzene rings is 1. The van der Waals surface area contributed by atoms with Gasteiger partial charge in [0.15, 0.2) is 0 Å². The maximum Gasteiger partial charge on any atom is 0.0363 e. The van der Waals surface area contributed by atoms with E-state index in [4.69, 9.17) is 0 Å². The topological polar surface area (TPSA) is 3.24 Å². The first kappa shape index (κ1) is 9.84. The molecule has 0 aliphatic rings. The Morgan fingerprint density at radius 3 is 2.42 bits per heavy atom. The molecular weight excluding hydrogens is 261 g/mol. The van der Waals surface area contributed by atoms with Gasteiger partial charge in [0.25, 0.3) is 0 Å². The standard InChI is InChI=1S/C10H14IN/c1-9(11)8-12(2)10-6-4-3-5-7-10/h3-7,9H,8H2,1-2H3/t9-/m0/s1. The fourth-order valence-electron chi connectivity index (χ4n) is 1.17. The summed E-state index contributed by atoms with van der Waals surface area (Å²) >= 11 is 2.44. The van der Waals surface area contributed by atoms with Crippen LogP contribution < -0.4 is 4.90 Å². The van der Waals surface area contributed by atoms with Crippen molar-refractivity contribution in [2.45, 2.75) is 10.8 Å². The van der Waals surface area contributed by atoms with Crippen molar-refractivity contribution in [1.82, 2.24) is 0 Å². The molecule has 0 saturated carbocycles. The van der Waals surface area contributed by atoms with Crippen molar-refractivity contribution in [3.8, 4) is 0 Å². The van der Waals surface area contributed by atoms with E-state index in [-0.39, 0.29) is 0 Å². The minimum atomic E-state index is 0.688. The molecule has 0 fully saturated rings. The van der Waals surface area contributed by atoms with Crippen molar-refractivity contribution in [3.05, 3.63) is 30.3 Å². The smallest absolute Gasteiger partial charge is 0.0363 e. The zero-order chi connectivity index (χ0) is 8.97. The molecule has 1 aromatic rings. The molecule has 0 aromatic heterocycles. The van der Waals surface area contributed by atoms with Crippen LogP contribution in [0.4, 0.5) is 5.69 Å². The van der Waals surface area contributed by atoms with Gasteiger partial charge in [-0.2, -0.15) is 0 Å². The molecule has 0 N–H and O–H groups in total. The predicted octanol–water partition coefficient (Wildman–Crippen LogP) is 2.95. The summed E-state index contributed by atoms with van der Waals surface area (Å²) in [5.41, 5.74) is 1.29. The van der Waals surface area contributed by atoms with Gasteiger partial charge in [-0.15, -0.1) is 0 Å². The lowest BCUT2D eigenvalue weighted by Crippen LogP contribution is -2.23. The van der Waals surface area contributed by atoms with Crippen LogP contribution in [-0.4, -0.2) is 17.5 Å². The Morgan fingerprint density at radius 1 is 1.33 bits per heavy atom. The lowest BCUT2D eigenvalue weighted by Gasteiger charge is -2.20. The highest BCUT2D eigenvalue weighted by atomic mass is 127. The summed E-state index contributed by atoms with van der Waals surface area (Å²) in [4.78, 5) is 2.27. The summed E-state index contributed by atoms with van der Waals surface area (Å²) in [5.74, 6) is 0. The van der Waals surface area contributed by atoms with Crippen LogP contribution in [0, 0.1) is 0 Å². The monoisotopic (exact) mass is 275 g/mol. The molecule has 0 spiro atoms. The molecule has 1 rings (SSSR count). The molecule has 1 atom stereocenters. The Kier molecular flexibility index (Phi) is 3.85. The highest BCUT2D eigenvalue weighted by Gasteiger charge is 2.02.